The van der Waals surface area contributed by atoms with Crippen molar-refractivity contribution in [3.05, 3.63) is 11.6 Å². The minimum atomic E-state index is -1.02. The molecule has 0 unspecified atom stereocenters. The molecular weight excluding hydrogens is 242 g/mol. The Morgan fingerprint density at radius 2 is 1.74 bits per heavy atom. The van der Waals surface area contributed by atoms with Gasteiger partial charge in [-0.05, 0) is 63.2 Å². The average molecular weight is 261 g/mol. The molecule has 4 saturated carbocycles. The van der Waals surface area contributed by atoms with E-state index in [-0.39, 0.29) is 11.4 Å². The molecule has 5 heteroatoms. The maximum atomic E-state index is 11.1. The van der Waals surface area contributed by atoms with Crippen molar-refractivity contribution >= 4 is 5.97 Å². The summed E-state index contributed by atoms with van der Waals surface area (Å²) in [6, 6.07) is 0. The van der Waals surface area contributed by atoms with Crippen LogP contribution in [0.3, 0.4) is 0 Å². The molecule has 1 aromatic rings. The van der Waals surface area contributed by atoms with E-state index in [0.29, 0.717) is 0 Å². The zero-order chi connectivity index (χ0) is 13.2. The van der Waals surface area contributed by atoms with Crippen LogP contribution >= 0.6 is 0 Å². The Hall–Kier alpha value is -1.39. The lowest BCUT2D eigenvalue weighted by Gasteiger charge is -2.56. The number of nitrogens with zero attached hydrogens (tertiary/aromatic N) is 3. The molecule has 19 heavy (non-hydrogen) atoms. The van der Waals surface area contributed by atoms with Gasteiger partial charge in [0.05, 0.1) is 5.54 Å². The van der Waals surface area contributed by atoms with Gasteiger partial charge in [0.1, 0.15) is 5.82 Å². The number of carboxylic acid groups (broad SMARTS) is 1. The summed E-state index contributed by atoms with van der Waals surface area (Å²) in [7, 11) is 0. The highest BCUT2D eigenvalue weighted by molar-refractivity contribution is 5.82. The standard InChI is InChI=1S/C14H19N3O2/c1-8-15-12(13(18)19)16-17(8)14-5-9-2-10(6-14)4-11(3-9)7-14/h9-11H,2-7H2,1H3,(H,18,19). The van der Waals surface area contributed by atoms with Crippen LogP contribution in [0.15, 0.2) is 0 Å². The van der Waals surface area contributed by atoms with Gasteiger partial charge in [0.15, 0.2) is 0 Å². The van der Waals surface area contributed by atoms with Crippen molar-refractivity contribution < 1.29 is 9.90 Å². The van der Waals surface area contributed by atoms with Crippen molar-refractivity contribution in [1.82, 2.24) is 14.8 Å². The summed E-state index contributed by atoms with van der Waals surface area (Å²) in [6.07, 6.45) is 7.63. The Balaban J connectivity index is 1.77. The van der Waals surface area contributed by atoms with E-state index in [4.69, 9.17) is 5.11 Å². The summed E-state index contributed by atoms with van der Waals surface area (Å²) in [6.45, 7) is 1.89. The fraction of sp³-hybridized carbons (Fsp3) is 0.786. The summed E-state index contributed by atoms with van der Waals surface area (Å²) in [5.41, 5.74) is 0.0690. The minimum Gasteiger partial charge on any atom is -0.475 e. The summed E-state index contributed by atoms with van der Waals surface area (Å²) in [4.78, 5) is 15.2. The van der Waals surface area contributed by atoms with E-state index in [1.54, 1.807) is 0 Å². The fourth-order valence-electron chi connectivity index (χ4n) is 5.25. The van der Waals surface area contributed by atoms with Gasteiger partial charge in [-0.1, -0.05) is 0 Å². The van der Waals surface area contributed by atoms with Crippen molar-refractivity contribution in [3.8, 4) is 0 Å². The highest BCUT2D eigenvalue weighted by Gasteiger charge is 2.53. The molecule has 4 bridgehead atoms. The van der Waals surface area contributed by atoms with Crippen LogP contribution in [0.5, 0.6) is 0 Å². The van der Waals surface area contributed by atoms with E-state index >= 15 is 0 Å². The second kappa shape index (κ2) is 3.58. The molecule has 1 N–H and O–H groups in total. The lowest BCUT2D eigenvalue weighted by molar-refractivity contribution is -0.0507. The summed E-state index contributed by atoms with van der Waals surface area (Å²) < 4.78 is 1.96. The molecule has 4 aliphatic carbocycles. The number of aromatic carboxylic acids is 1. The largest absolute Gasteiger partial charge is 0.475 e. The maximum absolute atomic E-state index is 11.1. The van der Waals surface area contributed by atoms with Crippen LogP contribution in [0.2, 0.25) is 0 Å². The molecule has 0 atom stereocenters. The highest BCUT2D eigenvalue weighted by atomic mass is 16.4. The minimum absolute atomic E-state index is 0.0479. The first kappa shape index (κ1) is 11.4. The highest BCUT2D eigenvalue weighted by Crippen LogP contribution is 2.58. The van der Waals surface area contributed by atoms with Gasteiger partial charge in [0.25, 0.3) is 5.82 Å². The van der Waals surface area contributed by atoms with Crippen LogP contribution in [0.25, 0.3) is 0 Å². The van der Waals surface area contributed by atoms with Crippen molar-refractivity contribution in [1.29, 1.82) is 0 Å². The van der Waals surface area contributed by atoms with Crippen molar-refractivity contribution in [2.75, 3.05) is 0 Å². The molecule has 5 nitrogen and oxygen atoms in total. The van der Waals surface area contributed by atoms with Crippen LogP contribution < -0.4 is 0 Å². The lowest BCUT2D eigenvalue weighted by atomic mass is 9.53. The number of carbonyl (C=O) groups is 1. The molecule has 5 rings (SSSR count). The SMILES string of the molecule is Cc1nc(C(=O)O)nn1C12CC3CC(CC(C3)C1)C2. The molecule has 1 heterocycles. The van der Waals surface area contributed by atoms with Gasteiger partial charge in [0.2, 0.25) is 0 Å². The first-order valence-electron chi connectivity index (χ1n) is 7.23. The number of carboxylic acids is 1. The predicted octanol–water partition coefficient (Wildman–Crippen LogP) is 2.21. The monoisotopic (exact) mass is 261 g/mol. The van der Waals surface area contributed by atoms with Crippen LogP contribution in [0.4, 0.5) is 0 Å². The van der Waals surface area contributed by atoms with E-state index in [2.05, 4.69) is 10.1 Å². The number of aromatic nitrogens is 3. The van der Waals surface area contributed by atoms with Crippen LogP contribution in [0.1, 0.15) is 55.0 Å². The van der Waals surface area contributed by atoms with E-state index in [1.807, 2.05) is 11.6 Å². The van der Waals surface area contributed by atoms with Crippen molar-refractivity contribution in [3.63, 3.8) is 0 Å². The molecule has 4 aliphatic rings. The zero-order valence-electron chi connectivity index (χ0n) is 11.2. The first-order valence-corrected chi connectivity index (χ1v) is 7.23. The third kappa shape index (κ3) is 1.56. The molecular formula is C14H19N3O2. The van der Waals surface area contributed by atoms with Crippen LogP contribution in [-0.4, -0.2) is 25.8 Å². The topological polar surface area (TPSA) is 68.0 Å². The fourth-order valence-corrected chi connectivity index (χ4v) is 5.25. The second-order valence-electron chi connectivity index (χ2n) is 6.84. The van der Waals surface area contributed by atoms with Crippen LogP contribution in [-0.2, 0) is 5.54 Å². The smallest absolute Gasteiger partial charge is 0.375 e. The summed E-state index contributed by atoms with van der Waals surface area (Å²) in [5, 5.41) is 13.4. The first-order chi connectivity index (χ1) is 9.06. The second-order valence-corrected chi connectivity index (χ2v) is 6.84. The predicted molar refractivity (Wildman–Crippen MR) is 67.9 cm³/mol. The molecule has 1 aromatic heterocycles. The molecule has 0 amide bonds. The lowest BCUT2D eigenvalue weighted by Crippen LogP contribution is -2.52. The summed E-state index contributed by atoms with van der Waals surface area (Å²) in [5.74, 6) is 2.16. The number of hydrogen-bond donors (Lipinski definition) is 1. The van der Waals surface area contributed by atoms with Gasteiger partial charge in [-0.3, -0.25) is 0 Å². The zero-order valence-corrected chi connectivity index (χ0v) is 11.2. The van der Waals surface area contributed by atoms with E-state index in [9.17, 15) is 4.79 Å². The average Bonchev–Trinajstić information content (AvgIpc) is 2.70. The quantitative estimate of drug-likeness (QED) is 0.886. The normalized spacial score (nSPS) is 39.7. The van der Waals surface area contributed by atoms with Gasteiger partial charge in [-0.25, -0.2) is 14.5 Å². The van der Waals surface area contributed by atoms with Gasteiger partial charge in [-0.2, -0.15) is 0 Å². The Bertz CT molecular complexity index is 514. The van der Waals surface area contributed by atoms with Gasteiger partial charge < -0.3 is 5.11 Å². The van der Waals surface area contributed by atoms with Gasteiger partial charge in [-0.15, -0.1) is 5.10 Å². The van der Waals surface area contributed by atoms with E-state index < -0.39 is 5.97 Å². The molecule has 0 aromatic carbocycles. The number of hydrogen-bond acceptors (Lipinski definition) is 3. The molecule has 0 aliphatic heterocycles. The molecule has 0 saturated heterocycles. The number of rotatable bonds is 2. The third-order valence-corrected chi connectivity index (χ3v) is 5.42. The third-order valence-electron chi connectivity index (χ3n) is 5.42. The van der Waals surface area contributed by atoms with Gasteiger partial charge in [0, 0.05) is 0 Å². The maximum Gasteiger partial charge on any atom is 0.375 e. The van der Waals surface area contributed by atoms with Gasteiger partial charge >= 0.3 is 5.97 Å². The van der Waals surface area contributed by atoms with Crippen molar-refractivity contribution in [2.24, 2.45) is 17.8 Å². The van der Waals surface area contributed by atoms with Crippen molar-refractivity contribution in [2.45, 2.75) is 51.0 Å². The Morgan fingerprint density at radius 1 is 1.21 bits per heavy atom. The molecule has 102 valence electrons. The molecule has 4 fully saturated rings. The van der Waals surface area contributed by atoms with Crippen LogP contribution in [0, 0.1) is 24.7 Å². The summed E-state index contributed by atoms with van der Waals surface area (Å²) >= 11 is 0. The molecule has 0 radical (unpaired) electrons. The van der Waals surface area contributed by atoms with E-state index in [0.717, 1.165) is 23.6 Å². The Morgan fingerprint density at radius 3 is 2.16 bits per heavy atom. The van der Waals surface area contributed by atoms with E-state index in [1.165, 1.54) is 38.5 Å². The Kier molecular flexibility index (Phi) is 2.16. The molecule has 0 spiro atoms. The Labute approximate surface area is 112 Å². The number of aryl methyl sites for hydroxylation is 1.